The van der Waals surface area contributed by atoms with E-state index in [4.69, 9.17) is 4.74 Å². The highest BCUT2D eigenvalue weighted by Crippen LogP contribution is 2.19. The molecule has 30 heavy (non-hydrogen) atoms. The van der Waals surface area contributed by atoms with Crippen molar-refractivity contribution in [3.8, 4) is 5.75 Å². The highest BCUT2D eigenvalue weighted by atomic mass is 16.5. The van der Waals surface area contributed by atoms with Gasteiger partial charge in [-0.15, -0.1) is 0 Å². The zero-order chi connectivity index (χ0) is 22.1. The molecule has 0 aromatic heterocycles. The van der Waals surface area contributed by atoms with Gasteiger partial charge in [0.1, 0.15) is 5.75 Å². The third-order valence-corrected chi connectivity index (χ3v) is 5.97. The van der Waals surface area contributed by atoms with Gasteiger partial charge in [-0.25, -0.2) is 4.79 Å². The van der Waals surface area contributed by atoms with Gasteiger partial charge in [-0.3, -0.25) is 9.69 Å². The van der Waals surface area contributed by atoms with Crippen LogP contribution in [0.25, 0.3) is 0 Å². The van der Waals surface area contributed by atoms with E-state index in [2.05, 4.69) is 36.2 Å². The number of benzene rings is 1. The lowest BCUT2D eigenvalue weighted by atomic mass is 9.96. The van der Waals surface area contributed by atoms with E-state index in [1.165, 1.54) is 5.56 Å². The van der Waals surface area contributed by atoms with Gasteiger partial charge in [0.2, 0.25) is 5.91 Å². The maximum atomic E-state index is 12.5. The lowest BCUT2D eigenvalue weighted by molar-refractivity contribution is -0.134. The van der Waals surface area contributed by atoms with Crippen LogP contribution in [0.1, 0.15) is 32.3 Å². The summed E-state index contributed by atoms with van der Waals surface area (Å²) in [5, 5.41) is 3.05. The second kappa shape index (κ2) is 11.8. The molecular weight excluding hydrogens is 380 g/mol. The lowest BCUT2D eigenvalue weighted by Crippen LogP contribution is -2.48. The predicted octanol–water partition coefficient (Wildman–Crippen LogP) is 2.46. The Morgan fingerprint density at radius 2 is 1.83 bits per heavy atom. The highest BCUT2D eigenvalue weighted by molar-refractivity contribution is 5.79. The van der Waals surface area contributed by atoms with Crippen molar-refractivity contribution in [2.45, 2.75) is 39.2 Å². The molecule has 1 N–H and O–H groups in total. The van der Waals surface area contributed by atoms with Crippen molar-refractivity contribution in [2.75, 3.05) is 53.9 Å². The summed E-state index contributed by atoms with van der Waals surface area (Å²) in [5.74, 6) is 1.08. The van der Waals surface area contributed by atoms with Crippen LogP contribution in [-0.2, 0) is 11.2 Å². The van der Waals surface area contributed by atoms with E-state index in [1.54, 1.807) is 26.1 Å². The highest BCUT2D eigenvalue weighted by Gasteiger charge is 2.28. The number of amides is 3. The molecule has 0 saturated carbocycles. The van der Waals surface area contributed by atoms with Gasteiger partial charge in [0.15, 0.2) is 0 Å². The summed E-state index contributed by atoms with van der Waals surface area (Å²) in [7, 11) is 5.25. The largest absolute Gasteiger partial charge is 0.497 e. The minimum Gasteiger partial charge on any atom is -0.497 e. The Balaban J connectivity index is 1.73. The third-order valence-electron chi connectivity index (χ3n) is 5.97. The SMILES string of the molecule is CCN(CCNC(=O)N1CCC(C(=O)N(C)C)CC1)C(C)Cc1ccc(OC)cc1. The topological polar surface area (TPSA) is 65.1 Å². The van der Waals surface area contributed by atoms with Gasteiger partial charge in [0.25, 0.3) is 0 Å². The average Bonchev–Trinajstić information content (AvgIpc) is 2.76. The number of carbonyl (C=O) groups excluding carboxylic acids is 2. The first-order chi connectivity index (χ1) is 14.3. The molecule has 1 unspecified atom stereocenters. The molecule has 1 heterocycles. The van der Waals surface area contributed by atoms with Gasteiger partial charge in [0, 0.05) is 52.2 Å². The summed E-state index contributed by atoms with van der Waals surface area (Å²) in [6, 6.07) is 8.56. The lowest BCUT2D eigenvalue weighted by Gasteiger charge is -2.33. The molecule has 1 atom stereocenters. The van der Waals surface area contributed by atoms with Crippen LogP contribution in [0.3, 0.4) is 0 Å². The molecule has 1 fully saturated rings. The van der Waals surface area contributed by atoms with E-state index >= 15 is 0 Å². The fourth-order valence-electron chi connectivity index (χ4n) is 4.03. The van der Waals surface area contributed by atoms with Crippen molar-refractivity contribution >= 4 is 11.9 Å². The first-order valence-electron chi connectivity index (χ1n) is 11.0. The van der Waals surface area contributed by atoms with Gasteiger partial charge in [-0.2, -0.15) is 0 Å². The standard InChI is InChI=1S/C23H38N4O3/c1-6-26(18(2)17-19-7-9-21(30-5)10-8-19)16-13-24-23(29)27-14-11-20(12-15-27)22(28)25(3)4/h7-10,18,20H,6,11-17H2,1-5H3,(H,24,29). The second-order valence-corrected chi connectivity index (χ2v) is 8.26. The Kier molecular flexibility index (Phi) is 9.43. The Bertz CT molecular complexity index is 670. The van der Waals surface area contributed by atoms with E-state index in [-0.39, 0.29) is 17.9 Å². The van der Waals surface area contributed by atoms with E-state index in [9.17, 15) is 9.59 Å². The van der Waals surface area contributed by atoms with Crippen LogP contribution in [-0.4, -0.2) is 86.6 Å². The van der Waals surface area contributed by atoms with Crippen LogP contribution in [0.5, 0.6) is 5.75 Å². The number of likely N-dealkylation sites (N-methyl/N-ethyl adjacent to an activating group) is 1. The number of nitrogens with zero attached hydrogens (tertiary/aromatic N) is 3. The van der Waals surface area contributed by atoms with Crippen molar-refractivity contribution in [3.05, 3.63) is 29.8 Å². The van der Waals surface area contributed by atoms with Crippen LogP contribution in [0.2, 0.25) is 0 Å². The number of rotatable bonds is 9. The van der Waals surface area contributed by atoms with Gasteiger partial charge in [-0.05, 0) is 50.4 Å². The molecule has 1 aliphatic rings. The number of methoxy groups -OCH3 is 1. The molecule has 1 saturated heterocycles. The maximum absolute atomic E-state index is 12.5. The number of hydrogen-bond acceptors (Lipinski definition) is 4. The summed E-state index contributed by atoms with van der Waals surface area (Å²) in [6.07, 6.45) is 2.44. The quantitative estimate of drug-likeness (QED) is 0.669. The monoisotopic (exact) mass is 418 g/mol. The zero-order valence-corrected chi connectivity index (χ0v) is 19.2. The number of piperidine rings is 1. The fourth-order valence-corrected chi connectivity index (χ4v) is 4.03. The van der Waals surface area contributed by atoms with Crippen molar-refractivity contribution < 1.29 is 14.3 Å². The molecule has 1 aromatic rings. The van der Waals surface area contributed by atoms with Crippen LogP contribution >= 0.6 is 0 Å². The molecule has 1 aliphatic heterocycles. The van der Waals surface area contributed by atoms with Gasteiger partial charge >= 0.3 is 6.03 Å². The molecule has 0 spiro atoms. The van der Waals surface area contributed by atoms with E-state index in [1.807, 2.05) is 17.0 Å². The number of nitrogens with one attached hydrogen (secondary N) is 1. The molecule has 1 aromatic carbocycles. The van der Waals surface area contributed by atoms with Gasteiger partial charge < -0.3 is 19.9 Å². The molecular formula is C23H38N4O3. The summed E-state index contributed by atoms with van der Waals surface area (Å²) >= 11 is 0. The van der Waals surface area contributed by atoms with E-state index < -0.39 is 0 Å². The summed E-state index contributed by atoms with van der Waals surface area (Å²) < 4.78 is 5.22. The summed E-state index contributed by atoms with van der Waals surface area (Å²) in [5.41, 5.74) is 1.28. The van der Waals surface area contributed by atoms with Crippen molar-refractivity contribution in [1.29, 1.82) is 0 Å². The molecule has 0 aliphatic carbocycles. The van der Waals surface area contributed by atoms with Crippen LogP contribution in [0.4, 0.5) is 4.79 Å². The minimum atomic E-state index is -0.0235. The smallest absolute Gasteiger partial charge is 0.317 e. The number of urea groups is 1. The molecule has 7 nitrogen and oxygen atoms in total. The Labute approximate surface area is 181 Å². The average molecular weight is 419 g/mol. The predicted molar refractivity (Wildman–Crippen MR) is 120 cm³/mol. The second-order valence-electron chi connectivity index (χ2n) is 8.26. The normalized spacial score (nSPS) is 15.7. The van der Waals surface area contributed by atoms with Crippen LogP contribution in [0.15, 0.2) is 24.3 Å². The summed E-state index contributed by atoms with van der Waals surface area (Å²) in [4.78, 5) is 30.4. The maximum Gasteiger partial charge on any atom is 0.317 e. The Morgan fingerprint density at radius 3 is 2.37 bits per heavy atom. The van der Waals surface area contributed by atoms with Crippen LogP contribution < -0.4 is 10.1 Å². The molecule has 7 heteroatoms. The van der Waals surface area contributed by atoms with Crippen molar-refractivity contribution in [1.82, 2.24) is 20.0 Å². The van der Waals surface area contributed by atoms with Gasteiger partial charge in [-0.1, -0.05) is 19.1 Å². The molecule has 168 valence electrons. The zero-order valence-electron chi connectivity index (χ0n) is 19.2. The van der Waals surface area contributed by atoms with Crippen molar-refractivity contribution in [2.24, 2.45) is 5.92 Å². The fraction of sp³-hybridized carbons (Fsp3) is 0.652. The molecule has 3 amide bonds. The van der Waals surface area contributed by atoms with E-state index in [0.29, 0.717) is 25.7 Å². The number of likely N-dealkylation sites (tertiary alicyclic amines) is 1. The Hall–Kier alpha value is -2.28. The summed E-state index contributed by atoms with van der Waals surface area (Å²) in [6.45, 7) is 8.03. The molecule has 2 rings (SSSR count). The van der Waals surface area contributed by atoms with Crippen molar-refractivity contribution in [3.63, 3.8) is 0 Å². The first kappa shape index (κ1) is 24.0. The third kappa shape index (κ3) is 6.90. The van der Waals surface area contributed by atoms with Gasteiger partial charge in [0.05, 0.1) is 7.11 Å². The number of carbonyl (C=O) groups is 2. The van der Waals surface area contributed by atoms with Crippen LogP contribution in [0, 0.1) is 5.92 Å². The molecule has 0 bridgehead atoms. The van der Waals surface area contributed by atoms with E-state index in [0.717, 1.165) is 38.1 Å². The minimum absolute atomic E-state index is 0.0235. The first-order valence-corrected chi connectivity index (χ1v) is 11.0. The molecule has 0 radical (unpaired) electrons. The Morgan fingerprint density at radius 1 is 1.20 bits per heavy atom. The number of hydrogen-bond donors (Lipinski definition) is 1. The number of ether oxygens (including phenoxy) is 1.